The molecule has 23 heavy (non-hydrogen) atoms. The molecule has 3 saturated carbocycles. The number of carbonyl (C=O) groups is 1. The molecule has 0 aliphatic heterocycles. The van der Waals surface area contributed by atoms with E-state index in [0.717, 1.165) is 41.9 Å². The van der Waals surface area contributed by atoms with E-state index in [2.05, 4.69) is 10.9 Å². The molecule has 0 radical (unpaired) electrons. The monoisotopic (exact) mass is 317 g/mol. The van der Waals surface area contributed by atoms with Gasteiger partial charge in [0, 0.05) is 6.42 Å². The predicted octanol–water partition coefficient (Wildman–Crippen LogP) is 4.37. The van der Waals surface area contributed by atoms with Gasteiger partial charge in [-0.2, -0.15) is 5.90 Å². The fraction of sp³-hybridized carbons (Fsp3) is 0.850. The zero-order valence-electron chi connectivity index (χ0n) is 14.2. The van der Waals surface area contributed by atoms with E-state index in [-0.39, 0.29) is 5.97 Å². The van der Waals surface area contributed by atoms with Crippen molar-refractivity contribution in [2.75, 3.05) is 0 Å². The molecular weight excluding hydrogens is 286 g/mol. The quantitative estimate of drug-likeness (QED) is 0.618. The highest BCUT2D eigenvalue weighted by Gasteiger charge is 2.50. The third-order valence-corrected chi connectivity index (χ3v) is 7.58. The highest BCUT2D eigenvalue weighted by molar-refractivity contribution is 5.68. The smallest absolute Gasteiger partial charge is 0.324 e. The number of carbonyl (C=O) groups excluding carboxylic acids is 1. The van der Waals surface area contributed by atoms with E-state index in [1.807, 2.05) is 5.57 Å². The van der Waals surface area contributed by atoms with Crippen molar-refractivity contribution >= 4 is 5.97 Å². The molecule has 0 saturated heterocycles. The van der Waals surface area contributed by atoms with Crippen LogP contribution in [0.25, 0.3) is 0 Å². The fourth-order valence-corrected chi connectivity index (χ4v) is 6.74. The van der Waals surface area contributed by atoms with Gasteiger partial charge in [-0.15, -0.1) is 0 Å². The Morgan fingerprint density at radius 2 is 2.04 bits per heavy atom. The molecule has 4 aliphatic carbocycles. The first kappa shape index (κ1) is 15.7. The Hall–Kier alpha value is -0.830. The largest absolute Gasteiger partial charge is 0.373 e. The van der Waals surface area contributed by atoms with Crippen molar-refractivity contribution < 1.29 is 9.63 Å². The number of hydrogen-bond donors (Lipinski definition) is 1. The molecule has 0 amide bonds. The molecule has 6 unspecified atom stereocenters. The summed E-state index contributed by atoms with van der Waals surface area (Å²) in [6.07, 6.45) is 16.6. The molecule has 6 atom stereocenters. The molecule has 0 aromatic rings. The lowest BCUT2D eigenvalue weighted by Crippen LogP contribution is -2.48. The van der Waals surface area contributed by atoms with E-state index in [4.69, 9.17) is 5.90 Å². The Labute approximate surface area is 140 Å². The maximum atomic E-state index is 11.3. The van der Waals surface area contributed by atoms with Crippen LogP contribution in [0.15, 0.2) is 11.6 Å². The van der Waals surface area contributed by atoms with E-state index in [1.165, 1.54) is 57.8 Å². The van der Waals surface area contributed by atoms with Crippen LogP contribution < -0.4 is 5.90 Å². The molecule has 4 aliphatic rings. The van der Waals surface area contributed by atoms with Gasteiger partial charge in [0.1, 0.15) is 0 Å². The van der Waals surface area contributed by atoms with Crippen LogP contribution >= 0.6 is 0 Å². The predicted molar refractivity (Wildman–Crippen MR) is 90.1 cm³/mol. The minimum Gasteiger partial charge on any atom is -0.373 e. The molecule has 3 heteroatoms. The average molecular weight is 317 g/mol. The average Bonchev–Trinajstić information content (AvgIpc) is 2.60. The Morgan fingerprint density at radius 3 is 2.91 bits per heavy atom. The first-order valence-electron chi connectivity index (χ1n) is 9.86. The highest BCUT2D eigenvalue weighted by Crippen LogP contribution is 2.59. The molecule has 0 heterocycles. The van der Waals surface area contributed by atoms with Crippen LogP contribution in [0, 0.1) is 35.5 Å². The lowest BCUT2D eigenvalue weighted by Gasteiger charge is -2.56. The van der Waals surface area contributed by atoms with Crippen molar-refractivity contribution in [1.82, 2.24) is 0 Å². The van der Waals surface area contributed by atoms with Gasteiger partial charge < -0.3 is 4.84 Å². The first-order chi connectivity index (χ1) is 11.3. The third kappa shape index (κ3) is 2.86. The standard InChI is InChI=1S/C20H31NO2/c21-23-18(22)6-2-3-13-7-8-16-10-9-14-4-1-5-15-11-12-17(13)20(16)19(14)15/h9,13,15-17,19-20H,1-8,10-12,21H2. The molecule has 4 rings (SSSR count). The lowest BCUT2D eigenvalue weighted by atomic mass is 9.48. The summed E-state index contributed by atoms with van der Waals surface area (Å²) >= 11 is 0. The van der Waals surface area contributed by atoms with Crippen molar-refractivity contribution in [1.29, 1.82) is 0 Å². The maximum absolute atomic E-state index is 11.3. The maximum Gasteiger partial charge on any atom is 0.324 e. The Kier molecular flexibility index (Phi) is 4.49. The van der Waals surface area contributed by atoms with Crippen LogP contribution in [0.4, 0.5) is 0 Å². The van der Waals surface area contributed by atoms with E-state index < -0.39 is 0 Å². The summed E-state index contributed by atoms with van der Waals surface area (Å²) in [4.78, 5) is 15.6. The number of rotatable bonds is 4. The topological polar surface area (TPSA) is 52.3 Å². The van der Waals surface area contributed by atoms with Crippen LogP contribution in [0.5, 0.6) is 0 Å². The Morgan fingerprint density at radius 1 is 1.17 bits per heavy atom. The minimum absolute atomic E-state index is 0.252. The normalized spacial score (nSPS) is 41.7. The van der Waals surface area contributed by atoms with Gasteiger partial charge >= 0.3 is 5.97 Å². The third-order valence-electron chi connectivity index (χ3n) is 7.58. The van der Waals surface area contributed by atoms with E-state index in [0.29, 0.717) is 6.42 Å². The first-order valence-corrected chi connectivity index (χ1v) is 9.86. The van der Waals surface area contributed by atoms with Gasteiger partial charge in [0.25, 0.3) is 0 Å². The summed E-state index contributed by atoms with van der Waals surface area (Å²) in [6.45, 7) is 0. The molecule has 0 spiro atoms. The van der Waals surface area contributed by atoms with Crippen LogP contribution in [-0.2, 0) is 9.63 Å². The Bertz CT molecular complexity index is 486. The lowest BCUT2D eigenvalue weighted by molar-refractivity contribution is -0.144. The Balaban J connectivity index is 1.46. The second kappa shape index (κ2) is 6.58. The molecule has 0 aromatic carbocycles. The van der Waals surface area contributed by atoms with Crippen molar-refractivity contribution in [3.63, 3.8) is 0 Å². The zero-order chi connectivity index (χ0) is 15.8. The second-order valence-electron chi connectivity index (χ2n) is 8.49. The second-order valence-corrected chi connectivity index (χ2v) is 8.49. The van der Waals surface area contributed by atoms with Crippen molar-refractivity contribution in [3.05, 3.63) is 11.6 Å². The molecule has 0 aromatic heterocycles. The molecule has 3 fully saturated rings. The van der Waals surface area contributed by atoms with Crippen LogP contribution in [0.1, 0.15) is 70.6 Å². The summed E-state index contributed by atoms with van der Waals surface area (Å²) in [5.74, 6) is 10.3. The van der Waals surface area contributed by atoms with Crippen LogP contribution in [0.3, 0.4) is 0 Å². The molecule has 3 nitrogen and oxygen atoms in total. The van der Waals surface area contributed by atoms with E-state index >= 15 is 0 Å². The SMILES string of the molecule is NOC(=O)CCCC1CCC2CC=C3CCCC4CCC1C2C34. The number of hydrogen-bond acceptors (Lipinski definition) is 3. The van der Waals surface area contributed by atoms with Gasteiger partial charge in [0.15, 0.2) is 0 Å². The summed E-state index contributed by atoms with van der Waals surface area (Å²) < 4.78 is 0. The minimum atomic E-state index is -0.252. The van der Waals surface area contributed by atoms with Gasteiger partial charge in [-0.05, 0) is 99.7 Å². The van der Waals surface area contributed by atoms with Crippen LogP contribution in [-0.4, -0.2) is 5.97 Å². The van der Waals surface area contributed by atoms with E-state index in [1.54, 1.807) is 0 Å². The van der Waals surface area contributed by atoms with Crippen LogP contribution in [0.2, 0.25) is 0 Å². The van der Waals surface area contributed by atoms with Crippen molar-refractivity contribution in [2.45, 2.75) is 70.6 Å². The van der Waals surface area contributed by atoms with E-state index in [9.17, 15) is 4.79 Å². The summed E-state index contributed by atoms with van der Waals surface area (Å²) in [5.41, 5.74) is 1.83. The zero-order valence-corrected chi connectivity index (χ0v) is 14.2. The molecule has 128 valence electrons. The van der Waals surface area contributed by atoms with Crippen molar-refractivity contribution in [2.24, 2.45) is 41.4 Å². The highest BCUT2D eigenvalue weighted by atomic mass is 16.7. The molecular formula is C20H31NO2. The van der Waals surface area contributed by atoms with Crippen molar-refractivity contribution in [3.8, 4) is 0 Å². The summed E-state index contributed by atoms with van der Waals surface area (Å²) in [6, 6.07) is 0. The molecule has 2 N–H and O–H groups in total. The summed E-state index contributed by atoms with van der Waals surface area (Å²) in [5, 5.41) is 0. The van der Waals surface area contributed by atoms with Gasteiger partial charge in [-0.1, -0.05) is 11.6 Å². The van der Waals surface area contributed by atoms with Gasteiger partial charge in [-0.3, -0.25) is 4.79 Å². The fourth-order valence-electron chi connectivity index (χ4n) is 6.74. The van der Waals surface area contributed by atoms with Gasteiger partial charge in [0.05, 0.1) is 0 Å². The van der Waals surface area contributed by atoms with Gasteiger partial charge in [-0.25, -0.2) is 0 Å². The number of allylic oxidation sites excluding steroid dienone is 2. The number of nitrogens with two attached hydrogens (primary N) is 1. The van der Waals surface area contributed by atoms with Gasteiger partial charge in [0.2, 0.25) is 0 Å². The molecule has 0 bridgehead atoms. The summed E-state index contributed by atoms with van der Waals surface area (Å²) in [7, 11) is 0.